The van der Waals surface area contributed by atoms with Crippen LogP contribution in [0.5, 0.6) is 11.5 Å². The molecule has 2 fully saturated rings. The quantitative estimate of drug-likeness (QED) is 0.316. The number of carbonyl (C=O) groups is 4. The molecule has 3 rings (SSSR count). The van der Waals surface area contributed by atoms with Crippen LogP contribution in [-0.2, 0) is 19.2 Å². The molecule has 1 saturated carbocycles. The number of rotatable bonds is 11. The highest BCUT2D eigenvalue weighted by Crippen LogP contribution is 2.26. The number of amides is 4. The second kappa shape index (κ2) is 13.2. The molecule has 10 nitrogen and oxygen atoms in total. The SMILES string of the molecule is NC(=O)[C@H](C[C@@H]1CCNC1=O)NC(=O)/C(=C/C1CCCCC1)NC(=O)COc1ccc(OC(F)(F)F)cc1. The maximum Gasteiger partial charge on any atom is 0.573 e. The standard InChI is InChI=1S/C25H31F3N4O6/c26-25(27,28)38-18-8-6-17(7-9-18)37-14-21(33)31-20(12-15-4-2-1-3-5-15)24(36)32-19(22(29)34)13-16-10-11-30-23(16)35/h6-9,12,15-16,19H,1-5,10-11,13-14H2,(H2,29,34)(H,30,35)(H,31,33)(H,32,36)/b20-12-/t16-,19-/m0/s1. The second-order valence-corrected chi connectivity index (χ2v) is 9.28. The molecule has 13 heteroatoms. The zero-order valence-electron chi connectivity index (χ0n) is 20.6. The molecule has 1 aliphatic carbocycles. The van der Waals surface area contributed by atoms with Gasteiger partial charge >= 0.3 is 6.36 Å². The predicted octanol–water partition coefficient (Wildman–Crippen LogP) is 2.04. The Hall–Kier alpha value is -3.77. The third-order valence-electron chi connectivity index (χ3n) is 6.33. The first-order valence-electron chi connectivity index (χ1n) is 12.4. The summed E-state index contributed by atoms with van der Waals surface area (Å²) in [7, 11) is 0. The van der Waals surface area contributed by atoms with E-state index >= 15 is 0 Å². The molecule has 1 heterocycles. The van der Waals surface area contributed by atoms with Crippen LogP contribution in [0.3, 0.4) is 0 Å². The van der Waals surface area contributed by atoms with Crippen LogP contribution in [-0.4, -0.2) is 49.2 Å². The maximum absolute atomic E-state index is 13.1. The van der Waals surface area contributed by atoms with E-state index < -0.39 is 48.4 Å². The number of hydrogen-bond acceptors (Lipinski definition) is 6. The highest BCUT2D eigenvalue weighted by atomic mass is 19.4. The Balaban J connectivity index is 1.63. The van der Waals surface area contributed by atoms with Gasteiger partial charge in [-0.3, -0.25) is 19.2 Å². The topological polar surface area (TPSA) is 149 Å². The Morgan fingerprint density at radius 3 is 2.32 bits per heavy atom. The molecule has 2 aliphatic rings. The number of benzene rings is 1. The van der Waals surface area contributed by atoms with Crippen LogP contribution >= 0.6 is 0 Å². The third kappa shape index (κ3) is 9.27. The number of ether oxygens (including phenoxy) is 2. The van der Waals surface area contributed by atoms with E-state index in [4.69, 9.17) is 10.5 Å². The first kappa shape index (κ1) is 28.8. The predicted molar refractivity (Wildman–Crippen MR) is 128 cm³/mol. The number of carbonyl (C=O) groups excluding carboxylic acids is 4. The number of alkyl halides is 3. The molecule has 0 spiro atoms. The molecule has 2 atom stereocenters. The molecule has 0 unspecified atom stereocenters. The van der Waals surface area contributed by atoms with E-state index in [2.05, 4.69) is 20.7 Å². The Bertz CT molecular complexity index is 1040. The summed E-state index contributed by atoms with van der Waals surface area (Å²) in [4.78, 5) is 49.6. The smallest absolute Gasteiger partial charge is 0.484 e. The second-order valence-electron chi connectivity index (χ2n) is 9.28. The Morgan fingerprint density at radius 2 is 1.74 bits per heavy atom. The van der Waals surface area contributed by atoms with Crippen molar-refractivity contribution in [2.75, 3.05) is 13.2 Å². The van der Waals surface area contributed by atoms with Crippen molar-refractivity contribution in [2.45, 2.75) is 57.3 Å². The number of primary amides is 1. The fourth-order valence-electron chi connectivity index (χ4n) is 4.42. The molecule has 1 saturated heterocycles. The average Bonchev–Trinajstić information content (AvgIpc) is 3.26. The van der Waals surface area contributed by atoms with Gasteiger partial charge in [0.25, 0.3) is 11.8 Å². The van der Waals surface area contributed by atoms with E-state index in [0.717, 1.165) is 44.2 Å². The van der Waals surface area contributed by atoms with Crippen molar-refractivity contribution in [3.05, 3.63) is 36.0 Å². The van der Waals surface area contributed by atoms with Crippen molar-refractivity contribution in [3.63, 3.8) is 0 Å². The van der Waals surface area contributed by atoms with Gasteiger partial charge in [-0.15, -0.1) is 13.2 Å². The lowest BCUT2D eigenvalue weighted by Crippen LogP contribution is -2.48. The van der Waals surface area contributed by atoms with Crippen LogP contribution in [0.2, 0.25) is 0 Å². The lowest BCUT2D eigenvalue weighted by atomic mass is 9.88. The number of allylic oxidation sites excluding steroid dienone is 1. The molecule has 0 aromatic heterocycles. The molecular formula is C25H31F3N4O6. The van der Waals surface area contributed by atoms with Crippen molar-refractivity contribution in [3.8, 4) is 11.5 Å². The van der Waals surface area contributed by atoms with Gasteiger partial charge in [0, 0.05) is 12.5 Å². The van der Waals surface area contributed by atoms with Gasteiger partial charge in [-0.25, -0.2) is 0 Å². The molecule has 1 aliphatic heterocycles. The minimum Gasteiger partial charge on any atom is -0.484 e. The van der Waals surface area contributed by atoms with Crippen molar-refractivity contribution in [2.24, 2.45) is 17.6 Å². The van der Waals surface area contributed by atoms with Crippen molar-refractivity contribution in [1.82, 2.24) is 16.0 Å². The zero-order chi connectivity index (χ0) is 27.7. The third-order valence-corrected chi connectivity index (χ3v) is 6.33. The highest BCUT2D eigenvalue weighted by Gasteiger charge is 2.32. The van der Waals surface area contributed by atoms with Crippen molar-refractivity contribution in [1.29, 1.82) is 0 Å². The average molecular weight is 541 g/mol. The Labute approximate surface area is 217 Å². The van der Waals surface area contributed by atoms with Gasteiger partial charge in [-0.1, -0.05) is 25.3 Å². The molecule has 1 aromatic carbocycles. The van der Waals surface area contributed by atoms with Gasteiger partial charge in [0.05, 0.1) is 0 Å². The molecule has 0 radical (unpaired) electrons. The van der Waals surface area contributed by atoms with Gasteiger partial charge in [0.1, 0.15) is 23.2 Å². The number of nitrogens with one attached hydrogen (secondary N) is 3. The van der Waals surface area contributed by atoms with Crippen LogP contribution in [0.15, 0.2) is 36.0 Å². The molecule has 4 amide bonds. The van der Waals surface area contributed by atoms with Gasteiger partial charge < -0.3 is 31.2 Å². The van der Waals surface area contributed by atoms with Crippen LogP contribution in [0.1, 0.15) is 44.9 Å². The molecular weight excluding hydrogens is 509 g/mol. The van der Waals surface area contributed by atoms with Gasteiger partial charge in [0.2, 0.25) is 11.8 Å². The van der Waals surface area contributed by atoms with Crippen LogP contribution in [0, 0.1) is 11.8 Å². The van der Waals surface area contributed by atoms with Gasteiger partial charge in [0.15, 0.2) is 6.61 Å². The Kier molecular flexibility index (Phi) is 9.97. The van der Waals surface area contributed by atoms with E-state index in [-0.39, 0.29) is 29.7 Å². The molecule has 208 valence electrons. The largest absolute Gasteiger partial charge is 0.573 e. The fourth-order valence-corrected chi connectivity index (χ4v) is 4.42. The summed E-state index contributed by atoms with van der Waals surface area (Å²) in [5.74, 6) is -3.18. The molecule has 5 N–H and O–H groups in total. The highest BCUT2D eigenvalue weighted by molar-refractivity contribution is 6.00. The number of halogens is 3. The fraction of sp³-hybridized carbons (Fsp3) is 0.520. The summed E-state index contributed by atoms with van der Waals surface area (Å²) in [6.07, 6.45) is 2.05. The van der Waals surface area contributed by atoms with E-state index in [9.17, 15) is 32.3 Å². The summed E-state index contributed by atoms with van der Waals surface area (Å²) in [5, 5.41) is 7.71. The lowest BCUT2D eigenvalue weighted by molar-refractivity contribution is -0.274. The normalized spacial score (nSPS) is 19.3. The van der Waals surface area contributed by atoms with Crippen molar-refractivity contribution >= 4 is 23.6 Å². The van der Waals surface area contributed by atoms with Crippen LogP contribution in [0.4, 0.5) is 13.2 Å². The van der Waals surface area contributed by atoms with E-state index in [1.807, 2.05) is 0 Å². The van der Waals surface area contributed by atoms with Crippen LogP contribution < -0.4 is 31.2 Å². The van der Waals surface area contributed by atoms with E-state index in [1.54, 1.807) is 6.08 Å². The van der Waals surface area contributed by atoms with Gasteiger partial charge in [-0.2, -0.15) is 0 Å². The minimum absolute atomic E-state index is 0.0364. The Morgan fingerprint density at radius 1 is 1.08 bits per heavy atom. The van der Waals surface area contributed by atoms with E-state index in [0.29, 0.717) is 13.0 Å². The maximum atomic E-state index is 13.1. The summed E-state index contributed by atoms with van der Waals surface area (Å²) in [6, 6.07) is 3.37. The summed E-state index contributed by atoms with van der Waals surface area (Å²) < 4.78 is 46.0. The first-order valence-corrected chi connectivity index (χ1v) is 12.4. The monoisotopic (exact) mass is 540 g/mol. The summed E-state index contributed by atoms with van der Waals surface area (Å²) in [6.45, 7) is -0.0554. The van der Waals surface area contributed by atoms with Crippen LogP contribution in [0.25, 0.3) is 0 Å². The summed E-state index contributed by atoms with van der Waals surface area (Å²) >= 11 is 0. The number of nitrogens with two attached hydrogens (primary N) is 1. The van der Waals surface area contributed by atoms with E-state index in [1.165, 1.54) is 12.1 Å². The first-order chi connectivity index (χ1) is 18.0. The molecule has 38 heavy (non-hydrogen) atoms. The molecule has 1 aromatic rings. The number of hydrogen-bond donors (Lipinski definition) is 4. The molecule has 0 bridgehead atoms. The van der Waals surface area contributed by atoms with Gasteiger partial charge in [-0.05, 0) is 55.9 Å². The van der Waals surface area contributed by atoms with Crippen molar-refractivity contribution < 1.29 is 41.8 Å². The summed E-state index contributed by atoms with van der Waals surface area (Å²) in [5.41, 5.74) is 5.40. The zero-order valence-corrected chi connectivity index (χ0v) is 20.6. The lowest BCUT2D eigenvalue weighted by Gasteiger charge is -2.22. The minimum atomic E-state index is -4.83.